The monoisotopic (exact) mass is 427 g/mol. The van der Waals surface area contributed by atoms with Crippen LogP contribution in [0.15, 0.2) is 48.9 Å². The zero-order valence-corrected chi connectivity index (χ0v) is 17.6. The van der Waals surface area contributed by atoms with E-state index in [4.69, 9.17) is 10.7 Å². The lowest BCUT2D eigenvalue weighted by molar-refractivity contribution is 0.00545. The van der Waals surface area contributed by atoms with Crippen LogP contribution in [0.1, 0.15) is 35.7 Å². The largest absolute Gasteiger partial charge is 0.390 e. The van der Waals surface area contributed by atoms with Gasteiger partial charge in [0.15, 0.2) is 0 Å². The molecule has 1 aromatic carbocycles. The number of aliphatic hydroxyl groups excluding tert-OH is 2. The second-order valence-corrected chi connectivity index (χ2v) is 8.96. The molecular weight excluding hydrogens is 402 g/mol. The minimum absolute atomic E-state index is 0.000453. The Morgan fingerprint density at radius 2 is 2.00 bits per heavy atom. The van der Waals surface area contributed by atoms with Gasteiger partial charge in [0.2, 0.25) is 0 Å². The maximum Gasteiger partial charge on any atom is 0.145 e. The Bertz CT molecular complexity index is 1360. The van der Waals surface area contributed by atoms with Crippen LogP contribution in [0.3, 0.4) is 0 Å². The van der Waals surface area contributed by atoms with Gasteiger partial charge in [-0.2, -0.15) is 0 Å². The standard InChI is InChI=1S/C25H25N5O2/c26-24-18-8-9-30(25(18)28-13-27-24)21-12-17(22(31)23(21)32)7-5-14-4-6-16-11-15-2-1-3-19(15)29-20(16)10-14/h1-2,4,6,8-11,13,17,21-23,31-32H,3,5,7,12H2,(H2,26,27,28)/t17-,21+,22+,23-/m0/s1. The van der Waals surface area contributed by atoms with Crippen molar-refractivity contribution in [2.24, 2.45) is 5.92 Å². The first-order valence-electron chi connectivity index (χ1n) is 11.1. The average molecular weight is 428 g/mol. The normalized spacial score (nSPS) is 24.6. The van der Waals surface area contributed by atoms with Crippen LogP contribution in [0.5, 0.6) is 0 Å². The Labute approximate surface area is 185 Å². The Morgan fingerprint density at radius 1 is 1.09 bits per heavy atom. The summed E-state index contributed by atoms with van der Waals surface area (Å²) in [7, 11) is 0. The van der Waals surface area contributed by atoms with Crippen LogP contribution in [0.4, 0.5) is 5.82 Å². The predicted octanol–water partition coefficient (Wildman–Crippen LogP) is 3.05. The fraction of sp³-hybridized carbons (Fsp3) is 0.320. The fourth-order valence-corrected chi connectivity index (χ4v) is 5.30. The van der Waals surface area contributed by atoms with E-state index >= 15 is 0 Å². The van der Waals surface area contributed by atoms with Gasteiger partial charge in [-0.25, -0.2) is 9.97 Å². The second-order valence-electron chi connectivity index (χ2n) is 8.96. The van der Waals surface area contributed by atoms with Crippen LogP contribution in [0.2, 0.25) is 0 Å². The third kappa shape index (κ3) is 3.08. The number of allylic oxidation sites excluding steroid dienone is 1. The summed E-state index contributed by atoms with van der Waals surface area (Å²) < 4.78 is 1.93. The van der Waals surface area contributed by atoms with Crippen LogP contribution < -0.4 is 5.73 Å². The number of pyridine rings is 1. The Kier molecular flexibility index (Phi) is 4.48. The number of aliphatic hydroxyl groups is 2. The number of nitrogen functional groups attached to an aromatic ring is 1. The Balaban J connectivity index is 1.20. The van der Waals surface area contributed by atoms with Crippen LogP contribution in [0.25, 0.3) is 28.0 Å². The van der Waals surface area contributed by atoms with Gasteiger partial charge in [-0.05, 0) is 54.5 Å². The molecular formula is C25H25N5O2. The van der Waals surface area contributed by atoms with Gasteiger partial charge in [-0.1, -0.05) is 24.3 Å². The third-order valence-corrected chi connectivity index (χ3v) is 7.08. The van der Waals surface area contributed by atoms with E-state index in [0.29, 0.717) is 17.9 Å². The van der Waals surface area contributed by atoms with Crippen LogP contribution in [-0.2, 0) is 12.8 Å². The summed E-state index contributed by atoms with van der Waals surface area (Å²) in [5, 5.41) is 23.5. The Morgan fingerprint density at radius 3 is 2.91 bits per heavy atom. The highest BCUT2D eigenvalue weighted by Gasteiger charge is 2.42. The molecule has 2 aliphatic rings. The number of hydrogen-bond donors (Lipinski definition) is 3. The molecule has 0 saturated heterocycles. The number of aromatic nitrogens is 4. The molecule has 32 heavy (non-hydrogen) atoms. The number of hydrogen-bond acceptors (Lipinski definition) is 6. The first-order chi connectivity index (χ1) is 15.6. The van der Waals surface area contributed by atoms with Gasteiger partial charge < -0.3 is 20.5 Å². The molecule has 1 saturated carbocycles. The third-order valence-electron chi connectivity index (χ3n) is 7.08. The van der Waals surface area contributed by atoms with Crippen LogP contribution in [0, 0.1) is 5.92 Å². The first kappa shape index (κ1) is 19.4. The van der Waals surface area contributed by atoms with Crippen molar-refractivity contribution in [2.75, 3.05) is 5.73 Å². The predicted molar refractivity (Wildman–Crippen MR) is 124 cm³/mol. The summed E-state index contributed by atoms with van der Waals surface area (Å²) in [6.07, 6.45) is 9.17. The summed E-state index contributed by atoms with van der Waals surface area (Å²) in [6.45, 7) is 0. The smallest absolute Gasteiger partial charge is 0.145 e. The molecule has 1 fully saturated rings. The molecule has 0 radical (unpaired) electrons. The molecule has 7 nitrogen and oxygen atoms in total. The lowest BCUT2D eigenvalue weighted by atomic mass is 9.95. The van der Waals surface area contributed by atoms with Crippen LogP contribution >= 0.6 is 0 Å². The van der Waals surface area contributed by atoms with Gasteiger partial charge in [0.25, 0.3) is 0 Å². The molecule has 3 heterocycles. The molecule has 0 unspecified atom stereocenters. The average Bonchev–Trinajstić information content (AvgIpc) is 3.50. The lowest BCUT2D eigenvalue weighted by Crippen LogP contribution is -2.29. The van der Waals surface area contributed by atoms with Crippen LogP contribution in [-0.4, -0.2) is 41.9 Å². The van der Waals surface area contributed by atoms with Gasteiger partial charge in [0.05, 0.1) is 28.7 Å². The summed E-state index contributed by atoms with van der Waals surface area (Å²) in [5.41, 5.74) is 11.2. The Hall–Kier alpha value is -3.29. The summed E-state index contributed by atoms with van der Waals surface area (Å²) >= 11 is 0. The van der Waals surface area contributed by atoms with E-state index in [1.807, 2.05) is 16.8 Å². The van der Waals surface area contributed by atoms with E-state index in [9.17, 15) is 10.2 Å². The molecule has 4 aromatic rings. The van der Waals surface area contributed by atoms with Crippen molar-refractivity contribution < 1.29 is 10.2 Å². The maximum atomic E-state index is 10.8. The van der Waals surface area contributed by atoms with E-state index in [2.05, 4.69) is 46.4 Å². The van der Waals surface area contributed by atoms with E-state index in [-0.39, 0.29) is 12.0 Å². The molecule has 162 valence electrons. The highest BCUT2D eigenvalue weighted by atomic mass is 16.3. The molecule has 0 aliphatic heterocycles. The topological polar surface area (TPSA) is 110 Å². The van der Waals surface area contributed by atoms with Crippen molar-refractivity contribution in [1.82, 2.24) is 19.5 Å². The van der Waals surface area contributed by atoms with Crippen molar-refractivity contribution in [3.05, 3.63) is 65.8 Å². The molecule has 7 heteroatoms. The van der Waals surface area contributed by atoms with Gasteiger partial charge >= 0.3 is 0 Å². The van der Waals surface area contributed by atoms with Crippen molar-refractivity contribution in [3.63, 3.8) is 0 Å². The number of benzene rings is 1. The SMILES string of the molecule is Nc1ncnc2c1ccn2[C@@H]1C[C@H](CCc2ccc3cc4c(nc3c2)CC=C4)[C@@H](O)[C@H]1O. The number of fused-ring (bicyclic) bond motifs is 3. The number of nitrogens with two attached hydrogens (primary N) is 1. The van der Waals surface area contributed by atoms with E-state index in [1.54, 1.807) is 0 Å². The lowest BCUT2D eigenvalue weighted by Gasteiger charge is -2.19. The molecule has 2 aliphatic carbocycles. The maximum absolute atomic E-state index is 10.8. The minimum Gasteiger partial charge on any atom is -0.390 e. The number of rotatable bonds is 4. The van der Waals surface area contributed by atoms with Crippen molar-refractivity contribution >= 4 is 33.8 Å². The molecule has 4 N–H and O–H groups in total. The fourth-order valence-electron chi connectivity index (χ4n) is 5.30. The second kappa shape index (κ2) is 7.39. The molecule has 4 atom stereocenters. The molecule has 0 bridgehead atoms. The molecule has 0 amide bonds. The van der Waals surface area contributed by atoms with Gasteiger partial charge in [0, 0.05) is 18.0 Å². The molecule has 3 aromatic heterocycles. The summed E-state index contributed by atoms with van der Waals surface area (Å²) in [5.74, 6) is 0.421. The molecule has 0 spiro atoms. The zero-order valence-electron chi connectivity index (χ0n) is 17.6. The summed E-state index contributed by atoms with van der Waals surface area (Å²) in [4.78, 5) is 13.2. The summed E-state index contributed by atoms with van der Waals surface area (Å²) in [6, 6.07) is 10.2. The minimum atomic E-state index is -0.847. The van der Waals surface area contributed by atoms with Gasteiger partial charge in [-0.15, -0.1) is 0 Å². The van der Waals surface area contributed by atoms with E-state index < -0.39 is 12.2 Å². The van der Waals surface area contributed by atoms with E-state index in [0.717, 1.165) is 41.2 Å². The zero-order chi connectivity index (χ0) is 21.8. The number of aryl methyl sites for hydroxylation is 1. The van der Waals surface area contributed by atoms with Gasteiger partial charge in [-0.3, -0.25) is 4.98 Å². The van der Waals surface area contributed by atoms with Gasteiger partial charge in [0.1, 0.15) is 23.9 Å². The van der Waals surface area contributed by atoms with E-state index in [1.165, 1.54) is 17.5 Å². The van der Waals surface area contributed by atoms with Crippen molar-refractivity contribution in [2.45, 2.75) is 43.9 Å². The number of anilines is 1. The number of nitrogens with zero attached hydrogens (tertiary/aromatic N) is 4. The highest BCUT2D eigenvalue weighted by molar-refractivity contribution is 5.86. The highest BCUT2D eigenvalue weighted by Crippen LogP contribution is 2.39. The van der Waals surface area contributed by atoms with Crippen molar-refractivity contribution in [1.29, 1.82) is 0 Å². The first-order valence-corrected chi connectivity index (χ1v) is 11.1. The molecule has 6 rings (SSSR count). The van der Waals surface area contributed by atoms with Crippen molar-refractivity contribution in [3.8, 4) is 0 Å². The quantitative estimate of drug-likeness (QED) is 0.462.